The molecular weight excluding hydrogens is 262 g/mol. The Balaban J connectivity index is 1.94. The Hall–Kier alpha value is -1.51. The molecular formula is C18H27NO2. The zero-order chi connectivity index (χ0) is 15.4. The fraction of sp³-hybridized carbons (Fsp3) is 0.611. The molecule has 3 nitrogen and oxygen atoms in total. The van der Waals surface area contributed by atoms with Crippen LogP contribution in [0.25, 0.3) is 0 Å². The van der Waals surface area contributed by atoms with Crippen LogP contribution in [-0.4, -0.2) is 18.1 Å². The molecule has 0 aliphatic heterocycles. The Labute approximate surface area is 128 Å². The number of carbonyl (C=O) groups is 1. The molecule has 0 bridgehead atoms. The highest BCUT2D eigenvalue weighted by Gasteiger charge is 2.25. The molecule has 116 valence electrons. The Morgan fingerprint density at radius 3 is 2.71 bits per heavy atom. The Morgan fingerprint density at radius 2 is 2.00 bits per heavy atom. The third-order valence-electron chi connectivity index (χ3n) is 4.67. The first-order chi connectivity index (χ1) is 9.99. The van der Waals surface area contributed by atoms with Gasteiger partial charge in [-0.25, -0.2) is 0 Å². The van der Waals surface area contributed by atoms with Crippen molar-refractivity contribution < 1.29 is 9.53 Å². The maximum atomic E-state index is 12.3. The first-order valence-corrected chi connectivity index (χ1v) is 8.02. The van der Waals surface area contributed by atoms with Crippen LogP contribution in [0.15, 0.2) is 18.2 Å². The lowest BCUT2D eigenvalue weighted by Gasteiger charge is -2.30. The lowest BCUT2D eigenvalue weighted by Crippen LogP contribution is -2.46. The number of hydrogen-bond donors (Lipinski definition) is 1. The first kappa shape index (κ1) is 15.9. The summed E-state index contributed by atoms with van der Waals surface area (Å²) in [6, 6.07) is 6.24. The Morgan fingerprint density at radius 1 is 1.29 bits per heavy atom. The Kier molecular flexibility index (Phi) is 5.27. The molecule has 1 aromatic carbocycles. The summed E-state index contributed by atoms with van der Waals surface area (Å²) in [6.45, 7) is 8.13. The lowest BCUT2D eigenvalue weighted by atomic mass is 9.86. The molecule has 2 rings (SSSR count). The van der Waals surface area contributed by atoms with E-state index in [1.807, 2.05) is 26.0 Å². The van der Waals surface area contributed by atoms with E-state index in [0.717, 1.165) is 17.7 Å². The molecule has 1 aromatic rings. The molecule has 0 aromatic heterocycles. The van der Waals surface area contributed by atoms with E-state index in [0.29, 0.717) is 12.0 Å². The van der Waals surface area contributed by atoms with Gasteiger partial charge in [0.2, 0.25) is 0 Å². The van der Waals surface area contributed by atoms with Gasteiger partial charge in [0.1, 0.15) is 5.75 Å². The summed E-state index contributed by atoms with van der Waals surface area (Å²) >= 11 is 0. The van der Waals surface area contributed by atoms with E-state index in [1.54, 1.807) is 0 Å². The van der Waals surface area contributed by atoms with Gasteiger partial charge in [-0.3, -0.25) is 4.79 Å². The monoisotopic (exact) mass is 289 g/mol. The molecule has 1 aliphatic rings. The van der Waals surface area contributed by atoms with Gasteiger partial charge in [0.15, 0.2) is 6.10 Å². The zero-order valence-electron chi connectivity index (χ0n) is 13.6. The van der Waals surface area contributed by atoms with Crippen molar-refractivity contribution in [3.8, 4) is 5.75 Å². The number of benzene rings is 1. The third kappa shape index (κ3) is 3.99. The molecule has 0 saturated heterocycles. The van der Waals surface area contributed by atoms with E-state index < -0.39 is 6.10 Å². The average Bonchev–Trinajstić information content (AvgIpc) is 2.46. The molecule has 3 heteroatoms. The van der Waals surface area contributed by atoms with Gasteiger partial charge < -0.3 is 10.1 Å². The van der Waals surface area contributed by atoms with E-state index >= 15 is 0 Å². The minimum Gasteiger partial charge on any atom is -0.481 e. The van der Waals surface area contributed by atoms with Crippen molar-refractivity contribution in [1.29, 1.82) is 0 Å². The summed E-state index contributed by atoms with van der Waals surface area (Å²) in [5.41, 5.74) is 2.28. The molecule has 1 fully saturated rings. The first-order valence-electron chi connectivity index (χ1n) is 8.02. The summed E-state index contributed by atoms with van der Waals surface area (Å²) in [7, 11) is 0. The van der Waals surface area contributed by atoms with Crippen LogP contribution in [0.4, 0.5) is 0 Å². The lowest BCUT2D eigenvalue weighted by molar-refractivity contribution is -0.128. The van der Waals surface area contributed by atoms with Crippen LogP contribution in [-0.2, 0) is 4.79 Å². The fourth-order valence-electron chi connectivity index (χ4n) is 2.93. The standard InChI is InChI=1S/C18H27NO2/c1-12-9-7-11-17(14(12)3)21-15(4)18(20)19-16-10-6-5-8-13(16)2/h7,9,11,13,15-16H,5-6,8,10H2,1-4H3,(H,19,20). The smallest absolute Gasteiger partial charge is 0.261 e. The number of carbonyl (C=O) groups excluding carboxylic acids is 1. The second-order valence-electron chi connectivity index (χ2n) is 6.33. The van der Waals surface area contributed by atoms with Gasteiger partial charge in [-0.05, 0) is 56.7 Å². The highest BCUT2D eigenvalue weighted by molar-refractivity contribution is 5.81. The highest BCUT2D eigenvalue weighted by Crippen LogP contribution is 2.24. The SMILES string of the molecule is Cc1cccc(OC(C)C(=O)NC2CCCCC2C)c1C. The molecule has 3 atom stereocenters. The molecule has 21 heavy (non-hydrogen) atoms. The largest absolute Gasteiger partial charge is 0.481 e. The molecule has 1 N–H and O–H groups in total. The summed E-state index contributed by atoms with van der Waals surface area (Å²) in [4.78, 5) is 12.3. The summed E-state index contributed by atoms with van der Waals surface area (Å²) in [5, 5.41) is 3.16. The molecule has 0 spiro atoms. The number of rotatable bonds is 4. The van der Waals surface area contributed by atoms with Crippen LogP contribution in [0.1, 0.15) is 50.7 Å². The normalized spacial score (nSPS) is 23.4. The van der Waals surface area contributed by atoms with Crippen molar-refractivity contribution in [3.63, 3.8) is 0 Å². The molecule has 1 amide bonds. The average molecular weight is 289 g/mol. The number of aryl methyl sites for hydroxylation is 1. The van der Waals surface area contributed by atoms with Crippen molar-refractivity contribution in [3.05, 3.63) is 29.3 Å². The molecule has 3 unspecified atom stereocenters. The predicted octanol–water partition coefficient (Wildman–Crippen LogP) is 3.77. The van der Waals surface area contributed by atoms with E-state index in [-0.39, 0.29) is 5.91 Å². The number of nitrogens with one attached hydrogen (secondary N) is 1. The van der Waals surface area contributed by atoms with Crippen LogP contribution >= 0.6 is 0 Å². The minimum atomic E-state index is -0.459. The number of amides is 1. The van der Waals surface area contributed by atoms with E-state index in [2.05, 4.69) is 25.2 Å². The van der Waals surface area contributed by atoms with Gasteiger partial charge >= 0.3 is 0 Å². The van der Waals surface area contributed by atoms with Crippen molar-refractivity contribution in [2.45, 2.75) is 65.5 Å². The van der Waals surface area contributed by atoms with Crippen molar-refractivity contribution in [2.75, 3.05) is 0 Å². The van der Waals surface area contributed by atoms with Gasteiger partial charge in [-0.15, -0.1) is 0 Å². The van der Waals surface area contributed by atoms with Gasteiger partial charge in [0, 0.05) is 6.04 Å². The minimum absolute atomic E-state index is 0.00495. The van der Waals surface area contributed by atoms with E-state index in [1.165, 1.54) is 24.8 Å². The van der Waals surface area contributed by atoms with E-state index in [9.17, 15) is 4.79 Å². The topological polar surface area (TPSA) is 38.3 Å². The Bertz CT molecular complexity index is 498. The maximum absolute atomic E-state index is 12.3. The third-order valence-corrected chi connectivity index (χ3v) is 4.67. The van der Waals surface area contributed by atoms with Gasteiger partial charge in [0.05, 0.1) is 0 Å². The molecule has 0 heterocycles. The molecule has 1 aliphatic carbocycles. The van der Waals surface area contributed by atoms with E-state index in [4.69, 9.17) is 4.74 Å². The fourth-order valence-corrected chi connectivity index (χ4v) is 2.93. The van der Waals surface area contributed by atoms with Crippen LogP contribution in [0.2, 0.25) is 0 Å². The molecule has 1 saturated carbocycles. The number of ether oxygens (including phenoxy) is 1. The van der Waals surface area contributed by atoms with Crippen molar-refractivity contribution >= 4 is 5.91 Å². The summed E-state index contributed by atoms with van der Waals surface area (Å²) in [6.07, 6.45) is 4.32. The number of hydrogen-bond acceptors (Lipinski definition) is 2. The van der Waals surface area contributed by atoms with Crippen LogP contribution in [0.3, 0.4) is 0 Å². The van der Waals surface area contributed by atoms with Gasteiger partial charge in [-0.1, -0.05) is 31.9 Å². The quantitative estimate of drug-likeness (QED) is 0.916. The van der Waals surface area contributed by atoms with Crippen LogP contribution in [0.5, 0.6) is 5.75 Å². The van der Waals surface area contributed by atoms with Crippen molar-refractivity contribution in [1.82, 2.24) is 5.32 Å². The summed E-state index contributed by atoms with van der Waals surface area (Å²) in [5.74, 6) is 1.36. The van der Waals surface area contributed by atoms with Crippen molar-refractivity contribution in [2.24, 2.45) is 5.92 Å². The van der Waals surface area contributed by atoms with Crippen LogP contribution < -0.4 is 10.1 Å². The van der Waals surface area contributed by atoms with Gasteiger partial charge in [-0.2, -0.15) is 0 Å². The summed E-state index contributed by atoms with van der Waals surface area (Å²) < 4.78 is 5.85. The zero-order valence-corrected chi connectivity index (χ0v) is 13.6. The maximum Gasteiger partial charge on any atom is 0.261 e. The second kappa shape index (κ2) is 6.97. The highest BCUT2D eigenvalue weighted by atomic mass is 16.5. The molecule has 0 radical (unpaired) electrons. The van der Waals surface area contributed by atoms with Crippen LogP contribution in [0, 0.1) is 19.8 Å². The van der Waals surface area contributed by atoms with Gasteiger partial charge in [0.25, 0.3) is 5.91 Å². The predicted molar refractivity (Wildman–Crippen MR) is 85.6 cm³/mol. The second-order valence-corrected chi connectivity index (χ2v) is 6.33.